The molecule has 4 aromatic rings. The number of nitrogens with zero attached hydrogens (tertiary/aromatic N) is 2. The van der Waals surface area contributed by atoms with E-state index >= 15 is 0 Å². The fourth-order valence-corrected chi connectivity index (χ4v) is 2.97. The summed E-state index contributed by atoms with van der Waals surface area (Å²) in [5.74, 6) is -0.225. The van der Waals surface area contributed by atoms with Gasteiger partial charge in [0.25, 0.3) is 0 Å². The van der Waals surface area contributed by atoms with E-state index in [1.807, 2.05) is 39.0 Å². The summed E-state index contributed by atoms with van der Waals surface area (Å²) in [5.41, 5.74) is 4.19. The number of aryl methyl sites for hydroxylation is 1. The van der Waals surface area contributed by atoms with E-state index in [0.717, 1.165) is 22.4 Å². The molecule has 2 aromatic carbocycles. The quantitative estimate of drug-likeness (QED) is 0.448. The highest BCUT2D eigenvalue weighted by Gasteiger charge is 2.18. The third-order valence-corrected chi connectivity index (χ3v) is 4.25. The van der Waals surface area contributed by atoms with Crippen LogP contribution in [0.2, 0.25) is 0 Å². The van der Waals surface area contributed by atoms with Gasteiger partial charge in [0.1, 0.15) is 17.5 Å². The van der Waals surface area contributed by atoms with Crippen LogP contribution < -0.4 is 0 Å². The molecule has 0 spiro atoms. The molecular formula is C23H21F2N3. The lowest BCUT2D eigenvalue weighted by molar-refractivity contribution is 0.628. The number of nitrogens with one attached hydrogen (secondary N) is 1. The summed E-state index contributed by atoms with van der Waals surface area (Å²) in [6.45, 7) is 5.84. The van der Waals surface area contributed by atoms with E-state index in [-0.39, 0.29) is 11.6 Å². The second kappa shape index (κ2) is 8.57. The zero-order chi connectivity index (χ0) is 20.1. The normalized spacial score (nSPS) is 10.3. The van der Waals surface area contributed by atoms with Crippen molar-refractivity contribution < 1.29 is 8.78 Å². The average Bonchev–Trinajstić information content (AvgIpc) is 3.15. The van der Waals surface area contributed by atoms with E-state index in [0.29, 0.717) is 17.1 Å². The summed E-state index contributed by atoms with van der Waals surface area (Å²) in [6, 6.07) is 14.7. The molecular weight excluding hydrogens is 356 g/mol. The van der Waals surface area contributed by atoms with Crippen molar-refractivity contribution in [3.05, 3.63) is 84.2 Å². The lowest BCUT2D eigenvalue weighted by Gasteiger charge is -2.03. The van der Waals surface area contributed by atoms with E-state index in [9.17, 15) is 8.78 Å². The third-order valence-electron chi connectivity index (χ3n) is 4.25. The molecule has 0 bridgehead atoms. The van der Waals surface area contributed by atoms with Gasteiger partial charge in [-0.15, -0.1) is 0 Å². The lowest BCUT2D eigenvalue weighted by Crippen LogP contribution is -1.90. The number of imidazole rings is 1. The largest absolute Gasteiger partial charge is 0.337 e. The molecule has 5 heteroatoms. The fourth-order valence-electron chi connectivity index (χ4n) is 2.97. The molecule has 0 saturated heterocycles. The van der Waals surface area contributed by atoms with Crippen LogP contribution in [0.15, 0.2) is 67.0 Å². The van der Waals surface area contributed by atoms with Crippen molar-refractivity contribution in [1.82, 2.24) is 15.0 Å². The number of halogens is 2. The molecule has 142 valence electrons. The first-order chi connectivity index (χ1) is 13.6. The molecule has 0 unspecified atom stereocenters. The van der Waals surface area contributed by atoms with Crippen molar-refractivity contribution >= 4 is 0 Å². The minimum absolute atomic E-state index is 0.320. The van der Waals surface area contributed by atoms with Crippen LogP contribution in [0.4, 0.5) is 8.78 Å². The van der Waals surface area contributed by atoms with Crippen molar-refractivity contribution in [2.45, 2.75) is 20.8 Å². The monoisotopic (exact) mass is 377 g/mol. The van der Waals surface area contributed by atoms with Gasteiger partial charge in [-0.2, -0.15) is 0 Å². The smallest absolute Gasteiger partial charge is 0.141 e. The molecule has 3 nitrogen and oxygen atoms in total. The Labute approximate surface area is 163 Å². The van der Waals surface area contributed by atoms with E-state index in [1.54, 1.807) is 30.6 Å². The van der Waals surface area contributed by atoms with Crippen molar-refractivity contribution in [2.24, 2.45) is 0 Å². The second-order valence-corrected chi connectivity index (χ2v) is 5.98. The summed E-state index contributed by atoms with van der Waals surface area (Å²) < 4.78 is 27.7. The Hall–Kier alpha value is -3.34. The molecule has 0 saturated carbocycles. The van der Waals surface area contributed by atoms with Crippen molar-refractivity contribution in [3.63, 3.8) is 0 Å². The van der Waals surface area contributed by atoms with Crippen molar-refractivity contribution in [2.75, 3.05) is 0 Å². The van der Waals surface area contributed by atoms with Gasteiger partial charge in [0.15, 0.2) is 0 Å². The zero-order valence-electron chi connectivity index (χ0n) is 16.0. The van der Waals surface area contributed by atoms with Gasteiger partial charge in [-0.25, -0.2) is 13.8 Å². The molecule has 0 atom stereocenters. The maximum Gasteiger partial charge on any atom is 0.141 e. The number of rotatable bonds is 3. The van der Waals surface area contributed by atoms with Crippen LogP contribution in [-0.4, -0.2) is 15.0 Å². The first-order valence-corrected chi connectivity index (χ1v) is 9.15. The molecule has 0 radical (unpaired) electrons. The molecule has 0 fully saturated rings. The molecule has 2 aromatic heterocycles. The van der Waals surface area contributed by atoms with Crippen LogP contribution in [0, 0.1) is 18.6 Å². The van der Waals surface area contributed by atoms with Crippen molar-refractivity contribution in [1.29, 1.82) is 0 Å². The van der Waals surface area contributed by atoms with Gasteiger partial charge in [-0.05, 0) is 55.0 Å². The Morgan fingerprint density at radius 1 is 0.821 bits per heavy atom. The van der Waals surface area contributed by atoms with Crippen molar-refractivity contribution in [3.8, 4) is 33.9 Å². The molecule has 2 heterocycles. The summed E-state index contributed by atoms with van der Waals surface area (Å²) in [5, 5.41) is 0. The number of pyridine rings is 1. The predicted molar refractivity (Wildman–Crippen MR) is 109 cm³/mol. The van der Waals surface area contributed by atoms with Gasteiger partial charge >= 0.3 is 0 Å². The Morgan fingerprint density at radius 2 is 1.50 bits per heavy atom. The highest BCUT2D eigenvalue weighted by Crippen LogP contribution is 2.34. The summed E-state index contributed by atoms with van der Waals surface area (Å²) in [7, 11) is 0. The van der Waals surface area contributed by atoms with Gasteiger partial charge in [0.2, 0.25) is 0 Å². The standard InChI is InChI=1S/C21H15F2N3.C2H6/c1-13-3-2-4-17(23)18(13)21-25-19(14-5-7-16(22)8-6-14)20(26-21)15-9-11-24-12-10-15;1-2/h2-12H,1H3,(H,25,26);1-2H3. The number of hydrogen-bond acceptors (Lipinski definition) is 2. The Bertz CT molecular complexity index is 1030. The summed E-state index contributed by atoms with van der Waals surface area (Å²) in [4.78, 5) is 11.9. The van der Waals surface area contributed by atoms with Gasteiger partial charge in [-0.1, -0.05) is 26.0 Å². The minimum atomic E-state index is -0.342. The topological polar surface area (TPSA) is 41.6 Å². The fraction of sp³-hybridized carbons (Fsp3) is 0.130. The van der Waals surface area contributed by atoms with E-state index in [1.165, 1.54) is 18.2 Å². The molecule has 0 aliphatic carbocycles. The molecule has 28 heavy (non-hydrogen) atoms. The van der Waals surface area contributed by atoms with Crippen LogP contribution in [0.25, 0.3) is 33.9 Å². The number of benzene rings is 2. The summed E-state index contributed by atoms with van der Waals surface area (Å²) in [6.07, 6.45) is 3.36. The van der Waals surface area contributed by atoms with Crippen LogP contribution >= 0.6 is 0 Å². The SMILES string of the molecule is CC.Cc1cccc(F)c1-c1nc(-c2ccc(F)cc2)c(-c2ccncc2)[nH]1. The van der Waals surface area contributed by atoms with Gasteiger partial charge in [0, 0.05) is 23.5 Å². The Balaban J connectivity index is 0.00000109. The molecule has 0 aliphatic rings. The van der Waals surface area contributed by atoms with Crippen LogP contribution in [-0.2, 0) is 0 Å². The van der Waals surface area contributed by atoms with Crippen LogP contribution in [0.1, 0.15) is 19.4 Å². The average molecular weight is 377 g/mol. The minimum Gasteiger partial charge on any atom is -0.337 e. The third kappa shape index (κ3) is 3.83. The number of aromatic nitrogens is 3. The Kier molecular flexibility index (Phi) is 5.94. The van der Waals surface area contributed by atoms with Gasteiger partial charge in [0.05, 0.1) is 17.0 Å². The maximum absolute atomic E-state index is 14.4. The van der Waals surface area contributed by atoms with Crippen LogP contribution in [0.5, 0.6) is 0 Å². The molecule has 0 aliphatic heterocycles. The predicted octanol–water partition coefficient (Wildman–Crippen LogP) is 6.42. The highest BCUT2D eigenvalue weighted by molar-refractivity contribution is 5.81. The zero-order valence-corrected chi connectivity index (χ0v) is 16.0. The first kappa shape index (κ1) is 19.4. The van der Waals surface area contributed by atoms with Crippen LogP contribution in [0.3, 0.4) is 0 Å². The van der Waals surface area contributed by atoms with E-state index in [2.05, 4.69) is 15.0 Å². The summed E-state index contributed by atoms with van der Waals surface area (Å²) >= 11 is 0. The second-order valence-electron chi connectivity index (χ2n) is 5.98. The van der Waals surface area contributed by atoms with E-state index < -0.39 is 0 Å². The van der Waals surface area contributed by atoms with Gasteiger partial charge in [-0.3, -0.25) is 4.98 Å². The Morgan fingerprint density at radius 3 is 2.14 bits per heavy atom. The molecule has 4 rings (SSSR count). The lowest BCUT2D eigenvalue weighted by atomic mass is 10.1. The number of hydrogen-bond donors (Lipinski definition) is 1. The molecule has 0 amide bonds. The van der Waals surface area contributed by atoms with Gasteiger partial charge < -0.3 is 4.98 Å². The van der Waals surface area contributed by atoms with E-state index in [4.69, 9.17) is 0 Å². The first-order valence-electron chi connectivity index (χ1n) is 9.15. The number of aromatic amines is 1. The maximum atomic E-state index is 14.4. The highest BCUT2D eigenvalue weighted by atomic mass is 19.1. The molecule has 1 N–H and O–H groups in total. The number of H-pyrrole nitrogens is 1.